The van der Waals surface area contributed by atoms with Crippen LogP contribution in [0.5, 0.6) is 0 Å². The molecule has 10 nitrogen and oxygen atoms in total. The lowest BCUT2D eigenvalue weighted by Crippen LogP contribution is -2.39. The summed E-state index contributed by atoms with van der Waals surface area (Å²) in [6, 6.07) is 0. The molecule has 0 fully saturated rings. The molecule has 134 valence electrons. The summed E-state index contributed by atoms with van der Waals surface area (Å²) in [6.07, 6.45) is -1.05. The first-order valence-corrected chi connectivity index (χ1v) is 6.72. The Labute approximate surface area is 133 Å². The van der Waals surface area contributed by atoms with Crippen molar-refractivity contribution in [2.75, 3.05) is 53.4 Å². The van der Waals surface area contributed by atoms with Crippen molar-refractivity contribution in [3.8, 4) is 0 Å². The van der Waals surface area contributed by atoms with Crippen molar-refractivity contribution >= 4 is 18.1 Å². The number of carboxylic acids is 1. The number of aliphatic hydroxyl groups is 1. The first-order chi connectivity index (χ1) is 10.9. The van der Waals surface area contributed by atoms with Crippen LogP contribution in [0, 0.1) is 5.41 Å². The summed E-state index contributed by atoms with van der Waals surface area (Å²) in [4.78, 5) is 33.3. The molecule has 0 bridgehead atoms. The Morgan fingerprint density at radius 3 is 2.22 bits per heavy atom. The van der Waals surface area contributed by atoms with E-state index < -0.39 is 43.3 Å². The average molecular weight is 338 g/mol. The van der Waals surface area contributed by atoms with Gasteiger partial charge in [0, 0.05) is 7.11 Å². The molecule has 0 aliphatic heterocycles. The summed E-state index contributed by atoms with van der Waals surface area (Å²) in [5, 5.41) is 17.6. The van der Waals surface area contributed by atoms with Crippen LogP contribution in [0.25, 0.3) is 0 Å². The predicted octanol–water partition coefficient (Wildman–Crippen LogP) is -0.571. The highest BCUT2D eigenvalue weighted by molar-refractivity contribution is 5.80. The number of methoxy groups -OCH3 is 1. The van der Waals surface area contributed by atoms with Crippen LogP contribution in [-0.4, -0.2) is 81.7 Å². The van der Waals surface area contributed by atoms with Gasteiger partial charge >= 0.3 is 18.1 Å². The van der Waals surface area contributed by atoms with Gasteiger partial charge in [-0.3, -0.25) is 4.79 Å². The highest BCUT2D eigenvalue weighted by Gasteiger charge is 2.36. The number of hydrogen-bond donors (Lipinski definition) is 2. The molecule has 0 rings (SSSR count). The van der Waals surface area contributed by atoms with Gasteiger partial charge in [0.1, 0.15) is 18.6 Å². The maximum atomic E-state index is 11.7. The van der Waals surface area contributed by atoms with E-state index in [0.717, 1.165) is 0 Å². The van der Waals surface area contributed by atoms with Crippen molar-refractivity contribution in [1.82, 2.24) is 0 Å². The van der Waals surface area contributed by atoms with Gasteiger partial charge in [0.2, 0.25) is 0 Å². The maximum absolute atomic E-state index is 11.7. The van der Waals surface area contributed by atoms with E-state index in [0.29, 0.717) is 13.2 Å². The molecule has 0 amide bonds. The van der Waals surface area contributed by atoms with Crippen LogP contribution in [0.3, 0.4) is 0 Å². The highest BCUT2D eigenvalue weighted by Crippen LogP contribution is 2.18. The molecule has 2 N–H and O–H groups in total. The number of rotatable bonds is 12. The van der Waals surface area contributed by atoms with Crippen LogP contribution in [0.2, 0.25) is 0 Å². The second-order valence-electron chi connectivity index (χ2n) is 4.68. The van der Waals surface area contributed by atoms with Gasteiger partial charge in [-0.2, -0.15) is 0 Å². The molecule has 23 heavy (non-hydrogen) atoms. The van der Waals surface area contributed by atoms with E-state index in [1.54, 1.807) is 0 Å². The second-order valence-corrected chi connectivity index (χ2v) is 4.68. The number of carbonyl (C=O) groups excluding carboxylic acids is 2. The monoisotopic (exact) mass is 338 g/mol. The van der Waals surface area contributed by atoms with E-state index in [9.17, 15) is 19.5 Å². The fraction of sp³-hybridized carbons (Fsp3) is 0.769. The molecule has 0 aromatic rings. The van der Waals surface area contributed by atoms with Gasteiger partial charge in [-0.1, -0.05) is 0 Å². The quantitative estimate of drug-likeness (QED) is 0.351. The van der Waals surface area contributed by atoms with Crippen molar-refractivity contribution in [1.29, 1.82) is 0 Å². The van der Waals surface area contributed by atoms with Crippen LogP contribution in [-0.2, 0) is 33.3 Å². The summed E-state index contributed by atoms with van der Waals surface area (Å²) in [5.41, 5.74) is -1.58. The van der Waals surface area contributed by atoms with Crippen LogP contribution >= 0.6 is 0 Å². The third kappa shape index (κ3) is 9.66. The van der Waals surface area contributed by atoms with E-state index in [-0.39, 0.29) is 13.2 Å². The van der Waals surface area contributed by atoms with Crippen LogP contribution < -0.4 is 0 Å². The van der Waals surface area contributed by atoms with Crippen molar-refractivity contribution in [2.45, 2.75) is 6.92 Å². The molecule has 1 atom stereocenters. The summed E-state index contributed by atoms with van der Waals surface area (Å²) in [7, 11) is 1.52. The number of ether oxygens (including phenoxy) is 5. The Morgan fingerprint density at radius 2 is 1.65 bits per heavy atom. The molecular formula is C13H22O10. The lowest BCUT2D eigenvalue weighted by molar-refractivity contribution is -0.167. The normalized spacial score (nSPS) is 13.0. The Hall–Kier alpha value is -1.91. The van der Waals surface area contributed by atoms with Gasteiger partial charge in [-0.15, -0.1) is 0 Å². The fourth-order valence-corrected chi connectivity index (χ4v) is 1.16. The molecular weight excluding hydrogens is 316 g/mol. The van der Waals surface area contributed by atoms with Gasteiger partial charge in [0.25, 0.3) is 0 Å². The number of carbonyl (C=O) groups is 3. The van der Waals surface area contributed by atoms with E-state index >= 15 is 0 Å². The SMILES string of the molecule is COCCOCCOC(=O)OCC(C)(CO)C(=O)OCC(=O)O. The van der Waals surface area contributed by atoms with Crippen molar-refractivity contribution in [3.63, 3.8) is 0 Å². The maximum Gasteiger partial charge on any atom is 0.508 e. The van der Waals surface area contributed by atoms with Crippen LogP contribution in [0.15, 0.2) is 0 Å². The molecule has 0 saturated heterocycles. The smallest absolute Gasteiger partial charge is 0.479 e. The molecule has 0 aromatic heterocycles. The molecule has 0 heterocycles. The Morgan fingerprint density at radius 1 is 1.00 bits per heavy atom. The summed E-state index contributed by atoms with van der Waals surface area (Å²) < 4.78 is 23.7. The number of esters is 1. The van der Waals surface area contributed by atoms with Crippen LogP contribution in [0.1, 0.15) is 6.92 Å². The molecule has 0 spiro atoms. The number of aliphatic carboxylic acids is 1. The standard InChI is InChI=1S/C13H22O10/c1-13(8-14,11(17)22-7-10(15)16)9-23-12(18)21-6-5-20-4-3-19-2/h14H,3-9H2,1-2H3,(H,15,16). The van der Waals surface area contributed by atoms with Crippen LogP contribution in [0.4, 0.5) is 4.79 Å². The first kappa shape index (κ1) is 21.1. The molecule has 0 radical (unpaired) electrons. The summed E-state index contributed by atoms with van der Waals surface area (Å²) >= 11 is 0. The number of carboxylic acid groups (broad SMARTS) is 1. The summed E-state index contributed by atoms with van der Waals surface area (Å²) in [6.45, 7) is 0.0586. The lowest BCUT2D eigenvalue weighted by Gasteiger charge is -2.23. The Kier molecular flexibility index (Phi) is 10.7. The van der Waals surface area contributed by atoms with E-state index in [2.05, 4.69) is 9.47 Å². The zero-order valence-electron chi connectivity index (χ0n) is 13.1. The summed E-state index contributed by atoms with van der Waals surface area (Å²) in [5.74, 6) is -2.34. The van der Waals surface area contributed by atoms with E-state index in [4.69, 9.17) is 19.3 Å². The number of hydrogen-bond acceptors (Lipinski definition) is 9. The zero-order valence-corrected chi connectivity index (χ0v) is 13.1. The minimum absolute atomic E-state index is 0.0537. The average Bonchev–Trinajstić information content (AvgIpc) is 2.53. The van der Waals surface area contributed by atoms with Gasteiger partial charge < -0.3 is 33.9 Å². The van der Waals surface area contributed by atoms with E-state index in [1.807, 2.05) is 0 Å². The Balaban J connectivity index is 4.05. The van der Waals surface area contributed by atoms with Crippen molar-refractivity contribution in [3.05, 3.63) is 0 Å². The second kappa shape index (κ2) is 11.6. The fourth-order valence-electron chi connectivity index (χ4n) is 1.16. The topological polar surface area (TPSA) is 138 Å². The van der Waals surface area contributed by atoms with Crippen molar-refractivity contribution < 1.29 is 48.3 Å². The molecule has 0 aromatic carbocycles. The highest BCUT2D eigenvalue weighted by atomic mass is 16.7. The van der Waals surface area contributed by atoms with Gasteiger partial charge in [-0.25, -0.2) is 9.59 Å². The van der Waals surface area contributed by atoms with Crippen molar-refractivity contribution in [2.24, 2.45) is 5.41 Å². The molecule has 0 aliphatic rings. The van der Waals surface area contributed by atoms with Gasteiger partial charge in [0.15, 0.2) is 6.61 Å². The molecule has 10 heteroatoms. The first-order valence-electron chi connectivity index (χ1n) is 6.72. The lowest BCUT2D eigenvalue weighted by atomic mass is 9.93. The minimum Gasteiger partial charge on any atom is -0.479 e. The molecule has 0 saturated carbocycles. The van der Waals surface area contributed by atoms with Gasteiger partial charge in [-0.05, 0) is 6.92 Å². The Bertz CT molecular complexity index is 383. The third-order valence-electron chi connectivity index (χ3n) is 2.56. The van der Waals surface area contributed by atoms with E-state index in [1.165, 1.54) is 14.0 Å². The zero-order chi connectivity index (χ0) is 17.7. The number of aliphatic hydroxyl groups excluding tert-OH is 1. The molecule has 0 aliphatic carbocycles. The third-order valence-corrected chi connectivity index (χ3v) is 2.56. The largest absolute Gasteiger partial charge is 0.508 e. The minimum atomic E-state index is -1.58. The van der Waals surface area contributed by atoms with Gasteiger partial charge in [0.05, 0.1) is 26.4 Å². The molecule has 1 unspecified atom stereocenters. The predicted molar refractivity (Wildman–Crippen MR) is 73.8 cm³/mol.